The Labute approximate surface area is 210 Å². The number of halogens is 2. The summed E-state index contributed by atoms with van der Waals surface area (Å²) < 4.78 is 32.6. The maximum absolute atomic E-state index is 13.1. The van der Waals surface area contributed by atoms with Gasteiger partial charge in [-0.1, -0.05) is 23.2 Å². The zero-order valence-corrected chi connectivity index (χ0v) is 20.6. The van der Waals surface area contributed by atoms with Gasteiger partial charge in [-0.25, -0.2) is 28.0 Å². The van der Waals surface area contributed by atoms with Crippen molar-refractivity contribution in [1.82, 2.24) is 9.97 Å². The summed E-state index contributed by atoms with van der Waals surface area (Å²) in [7, 11) is -2.56. The zero-order valence-electron chi connectivity index (χ0n) is 18.2. The first-order chi connectivity index (χ1) is 16.6. The van der Waals surface area contributed by atoms with Crippen LogP contribution in [0.5, 0.6) is 5.75 Å². The highest BCUT2D eigenvalue weighted by molar-refractivity contribution is 7.92. The average Bonchev–Trinajstić information content (AvgIpc) is 3.04. The molecule has 2 aromatic carbocycles. The number of imide groups is 1. The van der Waals surface area contributed by atoms with Gasteiger partial charge < -0.3 is 10.1 Å². The van der Waals surface area contributed by atoms with Gasteiger partial charge in [-0.3, -0.25) is 9.59 Å². The van der Waals surface area contributed by atoms with E-state index in [-0.39, 0.29) is 33.0 Å². The molecule has 0 saturated carbocycles. The normalized spacial score (nSPS) is 13.9. The Bertz CT molecular complexity index is 1460. The van der Waals surface area contributed by atoms with E-state index in [1.165, 1.54) is 49.8 Å². The van der Waals surface area contributed by atoms with Crippen LogP contribution in [0.1, 0.15) is 5.56 Å². The first-order valence-corrected chi connectivity index (χ1v) is 12.2. The molecule has 0 atom stereocenters. The summed E-state index contributed by atoms with van der Waals surface area (Å²) in [5.41, 5.74) is 0.981. The van der Waals surface area contributed by atoms with Crippen LogP contribution in [0.2, 0.25) is 5.02 Å². The molecule has 4 rings (SSSR count). The molecule has 3 aromatic rings. The van der Waals surface area contributed by atoms with Gasteiger partial charge >= 0.3 is 0 Å². The third-order valence-electron chi connectivity index (χ3n) is 4.95. The summed E-state index contributed by atoms with van der Waals surface area (Å²) in [6, 6.07) is 10.1. The minimum Gasteiger partial charge on any atom is -0.494 e. The van der Waals surface area contributed by atoms with Crippen LogP contribution < -0.4 is 19.7 Å². The quantitative estimate of drug-likeness (QED) is 0.439. The Morgan fingerprint density at radius 1 is 1.00 bits per heavy atom. The molecule has 0 fully saturated rings. The minimum atomic E-state index is -3.94. The number of amides is 2. The molecule has 0 unspecified atom stereocenters. The van der Waals surface area contributed by atoms with Crippen LogP contribution in [0.25, 0.3) is 0 Å². The predicted molar refractivity (Wildman–Crippen MR) is 131 cm³/mol. The van der Waals surface area contributed by atoms with Crippen molar-refractivity contribution in [3.63, 3.8) is 0 Å². The Hall–Kier alpha value is -3.67. The van der Waals surface area contributed by atoms with Gasteiger partial charge in [0.05, 0.1) is 17.7 Å². The smallest absolute Gasteiger partial charge is 0.283 e. The lowest BCUT2D eigenvalue weighted by molar-refractivity contribution is -0.120. The highest BCUT2D eigenvalue weighted by Crippen LogP contribution is 2.38. The van der Waals surface area contributed by atoms with Gasteiger partial charge in [0.25, 0.3) is 21.8 Å². The lowest BCUT2D eigenvalue weighted by Crippen LogP contribution is -2.32. The molecule has 1 aromatic heterocycles. The molecule has 2 heterocycles. The number of methoxy groups -OCH3 is 1. The van der Waals surface area contributed by atoms with E-state index in [9.17, 15) is 18.0 Å². The summed E-state index contributed by atoms with van der Waals surface area (Å²) in [5.74, 6) is -1.31. The molecule has 2 N–H and O–H groups in total. The van der Waals surface area contributed by atoms with E-state index in [4.69, 9.17) is 27.9 Å². The van der Waals surface area contributed by atoms with Gasteiger partial charge in [0.15, 0.2) is 0 Å². The van der Waals surface area contributed by atoms with Crippen molar-refractivity contribution in [3.05, 3.63) is 76.2 Å². The molecule has 1 aliphatic heterocycles. The number of anilines is 3. The first-order valence-electron chi connectivity index (χ1n) is 9.92. The molecule has 1 aliphatic rings. The molecule has 0 bridgehead atoms. The number of carbonyl (C=O) groups is 2. The fraction of sp³-hybridized carbons (Fsp3) is 0.0909. The van der Waals surface area contributed by atoms with Crippen molar-refractivity contribution in [2.75, 3.05) is 22.0 Å². The number of aromatic nitrogens is 2. The third-order valence-corrected chi connectivity index (χ3v) is 7.06. The number of rotatable bonds is 7. The van der Waals surface area contributed by atoms with Gasteiger partial charge in [-0.05, 0) is 48.9 Å². The van der Waals surface area contributed by atoms with E-state index in [0.717, 1.165) is 4.90 Å². The number of aryl methyl sites for hydroxylation is 1. The summed E-state index contributed by atoms with van der Waals surface area (Å²) >= 11 is 12.3. The van der Waals surface area contributed by atoms with Crippen molar-refractivity contribution in [1.29, 1.82) is 0 Å². The number of hydrogen-bond acceptors (Lipinski definition) is 8. The van der Waals surface area contributed by atoms with Gasteiger partial charge in [-0.2, -0.15) is 0 Å². The van der Waals surface area contributed by atoms with Crippen LogP contribution in [0.15, 0.2) is 70.5 Å². The van der Waals surface area contributed by atoms with Gasteiger partial charge in [0.2, 0.25) is 5.95 Å². The van der Waals surface area contributed by atoms with Gasteiger partial charge in [0, 0.05) is 29.2 Å². The molecule has 2 amide bonds. The predicted octanol–water partition coefficient (Wildman–Crippen LogP) is 3.68. The molecule has 180 valence electrons. The number of sulfonamides is 1. The zero-order chi connectivity index (χ0) is 25.3. The molecule has 0 aliphatic carbocycles. The summed E-state index contributed by atoms with van der Waals surface area (Å²) in [6.07, 6.45) is 2.80. The maximum atomic E-state index is 13.1. The van der Waals surface area contributed by atoms with Crippen LogP contribution >= 0.6 is 23.2 Å². The number of nitrogens with one attached hydrogen (secondary N) is 2. The second-order valence-electron chi connectivity index (χ2n) is 7.24. The number of carbonyl (C=O) groups excluding carboxylic acids is 2. The number of hydrogen-bond donors (Lipinski definition) is 2. The van der Waals surface area contributed by atoms with Crippen LogP contribution in [-0.4, -0.2) is 37.3 Å². The summed E-state index contributed by atoms with van der Waals surface area (Å²) in [4.78, 5) is 34.4. The maximum Gasteiger partial charge on any atom is 0.283 e. The lowest BCUT2D eigenvalue weighted by Gasteiger charge is -2.19. The lowest BCUT2D eigenvalue weighted by atomic mass is 10.2. The summed E-state index contributed by atoms with van der Waals surface area (Å²) in [6.45, 7) is 1.72. The van der Waals surface area contributed by atoms with Crippen molar-refractivity contribution < 1.29 is 22.7 Å². The highest BCUT2D eigenvalue weighted by atomic mass is 35.5. The van der Waals surface area contributed by atoms with Gasteiger partial charge in [-0.15, -0.1) is 0 Å². The second kappa shape index (κ2) is 9.53. The van der Waals surface area contributed by atoms with E-state index >= 15 is 0 Å². The van der Waals surface area contributed by atoms with Crippen LogP contribution in [-0.2, 0) is 19.6 Å². The molecule has 0 saturated heterocycles. The van der Waals surface area contributed by atoms with E-state index < -0.39 is 21.8 Å². The Balaban J connectivity index is 1.57. The number of ether oxygens (including phenoxy) is 1. The van der Waals surface area contributed by atoms with Crippen LogP contribution in [0, 0.1) is 6.92 Å². The van der Waals surface area contributed by atoms with Crippen molar-refractivity contribution in [2.24, 2.45) is 0 Å². The number of nitrogens with zero attached hydrogens (tertiary/aromatic N) is 3. The number of benzene rings is 2. The molecule has 0 spiro atoms. The topological polar surface area (TPSA) is 131 Å². The Morgan fingerprint density at radius 2 is 1.66 bits per heavy atom. The minimum absolute atomic E-state index is 0.0626. The van der Waals surface area contributed by atoms with E-state index in [2.05, 4.69) is 20.0 Å². The Kier molecular flexibility index (Phi) is 6.66. The molecule has 13 heteroatoms. The molecular formula is C22H17Cl2N5O5S. The van der Waals surface area contributed by atoms with Crippen molar-refractivity contribution in [3.8, 4) is 5.75 Å². The fourth-order valence-corrected chi connectivity index (χ4v) is 4.53. The second-order valence-corrected chi connectivity index (χ2v) is 9.70. The fourth-order valence-electron chi connectivity index (χ4n) is 3.21. The molecule has 10 nitrogen and oxygen atoms in total. The SMILES string of the molecule is COc1cc(Cl)c(C)cc1N1C(=O)C(Cl)=C(Nc2ccc(S(=O)(=O)Nc3ncccn3)cc2)C1=O. The standard InChI is InChI=1S/C22H17Cl2N5O5S/c1-12-10-16(17(34-2)11-15(12)23)29-20(30)18(24)19(21(29)31)27-13-4-6-14(7-5-13)35(32,33)28-22-25-8-3-9-26-22/h3-11,27H,1-2H3,(H,25,26,28). The largest absolute Gasteiger partial charge is 0.494 e. The van der Waals surface area contributed by atoms with E-state index in [0.29, 0.717) is 16.3 Å². The average molecular weight is 534 g/mol. The van der Waals surface area contributed by atoms with E-state index in [1.54, 1.807) is 19.1 Å². The van der Waals surface area contributed by atoms with Crippen LogP contribution in [0.3, 0.4) is 0 Å². The van der Waals surface area contributed by atoms with Crippen molar-refractivity contribution in [2.45, 2.75) is 11.8 Å². The molecule has 0 radical (unpaired) electrons. The van der Waals surface area contributed by atoms with Crippen LogP contribution in [0.4, 0.5) is 17.3 Å². The van der Waals surface area contributed by atoms with Crippen molar-refractivity contribution >= 4 is 62.4 Å². The highest BCUT2D eigenvalue weighted by Gasteiger charge is 2.40. The third kappa shape index (κ3) is 4.78. The van der Waals surface area contributed by atoms with E-state index in [1.807, 2.05) is 0 Å². The first kappa shape index (κ1) is 24.5. The molecular weight excluding hydrogens is 517 g/mol. The van der Waals surface area contributed by atoms with Gasteiger partial charge in [0.1, 0.15) is 16.5 Å². The Morgan fingerprint density at radius 3 is 2.29 bits per heavy atom. The monoisotopic (exact) mass is 533 g/mol. The summed E-state index contributed by atoms with van der Waals surface area (Å²) in [5, 5.41) is 2.87. The molecule has 35 heavy (non-hydrogen) atoms.